The Morgan fingerprint density at radius 1 is 1.00 bits per heavy atom. The molecular weight excluding hydrogens is 206 g/mol. The molecule has 0 bridgehead atoms. The van der Waals surface area contributed by atoms with Crippen LogP contribution in [-0.4, -0.2) is 12.6 Å². The van der Waals surface area contributed by atoms with Crippen LogP contribution in [0.2, 0.25) is 0 Å². The standard InChI is InChI=1S/C16H27N/c1-3-5-7-12-16(17-13-4-2)14-15-10-8-6-9-11-15/h6,8-11,16-17H,3-5,7,12-14H2,1-2H3. The molecule has 0 spiro atoms. The van der Waals surface area contributed by atoms with Gasteiger partial charge in [0.15, 0.2) is 0 Å². The van der Waals surface area contributed by atoms with Gasteiger partial charge in [-0.15, -0.1) is 0 Å². The third kappa shape index (κ3) is 6.48. The van der Waals surface area contributed by atoms with Crippen LogP contribution in [0.15, 0.2) is 30.3 Å². The fraction of sp³-hybridized carbons (Fsp3) is 0.625. The maximum absolute atomic E-state index is 3.68. The summed E-state index contributed by atoms with van der Waals surface area (Å²) in [6.07, 6.45) is 7.72. The smallest absolute Gasteiger partial charge is 0.0107 e. The van der Waals surface area contributed by atoms with Gasteiger partial charge in [-0.25, -0.2) is 0 Å². The average Bonchev–Trinajstić information content (AvgIpc) is 2.37. The minimum absolute atomic E-state index is 0.656. The predicted molar refractivity (Wildman–Crippen MR) is 76.4 cm³/mol. The highest BCUT2D eigenvalue weighted by Crippen LogP contribution is 2.10. The van der Waals surface area contributed by atoms with Crippen molar-refractivity contribution >= 4 is 0 Å². The van der Waals surface area contributed by atoms with Crippen LogP contribution >= 0.6 is 0 Å². The Bertz CT molecular complexity index is 268. The van der Waals surface area contributed by atoms with Crippen molar-refractivity contribution in [1.29, 1.82) is 0 Å². The van der Waals surface area contributed by atoms with Gasteiger partial charge in [-0.1, -0.05) is 63.4 Å². The molecule has 0 fully saturated rings. The number of rotatable bonds is 9. The third-order valence-electron chi connectivity index (χ3n) is 3.16. The molecular formula is C16H27N. The first-order chi connectivity index (χ1) is 8.36. The Labute approximate surface area is 107 Å². The van der Waals surface area contributed by atoms with Crippen molar-refractivity contribution in [3.05, 3.63) is 35.9 Å². The van der Waals surface area contributed by atoms with E-state index in [4.69, 9.17) is 0 Å². The van der Waals surface area contributed by atoms with E-state index in [1.165, 1.54) is 44.1 Å². The molecule has 0 aliphatic carbocycles. The highest BCUT2D eigenvalue weighted by atomic mass is 14.9. The molecule has 0 saturated heterocycles. The van der Waals surface area contributed by atoms with Gasteiger partial charge >= 0.3 is 0 Å². The number of unbranched alkanes of at least 4 members (excludes halogenated alkanes) is 2. The van der Waals surface area contributed by atoms with Crippen LogP contribution in [0.3, 0.4) is 0 Å². The molecule has 1 rings (SSSR count). The van der Waals surface area contributed by atoms with Gasteiger partial charge in [0.2, 0.25) is 0 Å². The second-order valence-corrected chi connectivity index (χ2v) is 4.84. The van der Waals surface area contributed by atoms with E-state index in [1.54, 1.807) is 0 Å². The van der Waals surface area contributed by atoms with E-state index in [0.717, 1.165) is 6.54 Å². The summed E-state index contributed by atoms with van der Waals surface area (Å²) in [5.74, 6) is 0. The van der Waals surface area contributed by atoms with Gasteiger partial charge in [0, 0.05) is 6.04 Å². The lowest BCUT2D eigenvalue weighted by molar-refractivity contribution is 0.456. The number of hydrogen-bond acceptors (Lipinski definition) is 1. The lowest BCUT2D eigenvalue weighted by atomic mass is 10.0. The molecule has 0 radical (unpaired) electrons. The van der Waals surface area contributed by atoms with Crippen molar-refractivity contribution in [2.24, 2.45) is 0 Å². The normalized spacial score (nSPS) is 12.6. The largest absolute Gasteiger partial charge is 0.314 e. The lowest BCUT2D eigenvalue weighted by Gasteiger charge is -2.18. The van der Waals surface area contributed by atoms with E-state index >= 15 is 0 Å². The second-order valence-electron chi connectivity index (χ2n) is 4.84. The molecule has 1 aromatic rings. The molecule has 96 valence electrons. The summed E-state index contributed by atoms with van der Waals surface area (Å²) in [7, 11) is 0. The van der Waals surface area contributed by atoms with Crippen molar-refractivity contribution in [1.82, 2.24) is 5.32 Å². The third-order valence-corrected chi connectivity index (χ3v) is 3.16. The second kappa shape index (κ2) is 9.23. The Hall–Kier alpha value is -0.820. The molecule has 0 aromatic heterocycles. The Balaban J connectivity index is 2.39. The molecule has 0 amide bonds. The van der Waals surface area contributed by atoms with Crippen LogP contribution in [-0.2, 0) is 6.42 Å². The van der Waals surface area contributed by atoms with Gasteiger partial charge in [0.1, 0.15) is 0 Å². The quantitative estimate of drug-likeness (QED) is 0.631. The molecule has 1 heteroatoms. The van der Waals surface area contributed by atoms with Crippen LogP contribution in [0.5, 0.6) is 0 Å². The molecule has 1 unspecified atom stereocenters. The van der Waals surface area contributed by atoms with Gasteiger partial charge in [0.25, 0.3) is 0 Å². The van der Waals surface area contributed by atoms with E-state index < -0.39 is 0 Å². The highest BCUT2D eigenvalue weighted by Gasteiger charge is 2.07. The van der Waals surface area contributed by atoms with Gasteiger partial charge in [-0.3, -0.25) is 0 Å². The van der Waals surface area contributed by atoms with Crippen molar-refractivity contribution < 1.29 is 0 Å². The molecule has 0 aliphatic rings. The Morgan fingerprint density at radius 3 is 2.41 bits per heavy atom. The maximum Gasteiger partial charge on any atom is 0.0107 e. The minimum Gasteiger partial charge on any atom is -0.314 e. The summed E-state index contributed by atoms with van der Waals surface area (Å²) in [6, 6.07) is 11.5. The average molecular weight is 233 g/mol. The van der Waals surface area contributed by atoms with E-state index in [2.05, 4.69) is 49.5 Å². The van der Waals surface area contributed by atoms with E-state index in [1.807, 2.05) is 0 Å². The summed E-state index contributed by atoms with van der Waals surface area (Å²) in [6.45, 7) is 5.65. The van der Waals surface area contributed by atoms with Crippen LogP contribution in [0.25, 0.3) is 0 Å². The summed E-state index contributed by atoms with van der Waals surface area (Å²) in [5, 5.41) is 3.68. The zero-order valence-electron chi connectivity index (χ0n) is 11.4. The van der Waals surface area contributed by atoms with Crippen molar-refractivity contribution in [2.75, 3.05) is 6.54 Å². The van der Waals surface area contributed by atoms with E-state index in [9.17, 15) is 0 Å². The summed E-state index contributed by atoms with van der Waals surface area (Å²) in [4.78, 5) is 0. The first kappa shape index (κ1) is 14.2. The van der Waals surface area contributed by atoms with Gasteiger partial charge in [0.05, 0.1) is 0 Å². The molecule has 0 saturated carbocycles. The number of hydrogen-bond donors (Lipinski definition) is 1. The first-order valence-corrected chi connectivity index (χ1v) is 7.14. The van der Waals surface area contributed by atoms with E-state index in [-0.39, 0.29) is 0 Å². The molecule has 17 heavy (non-hydrogen) atoms. The first-order valence-electron chi connectivity index (χ1n) is 7.14. The van der Waals surface area contributed by atoms with E-state index in [0.29, 0.717) is 6.04 Å². The SMILES string of the molecule is CCCCCC(Cc1ccccc1)NCCC. The monoisotopic (exact) mass is 233 g/mol. The maximum atomic E-state index is 3.68. The number of benzene rings is 1. The zero-order valence-corrected chi connectivity index (χ0v) is 11.4. The molecule has 1 N–H and O–H groups in total. The molecule has 1 nitrogen and oxygen atoms in total. The topological polar surface area (TPSA) is 12.0 Å². The highest BCUT2D eigenvalue weighted by molar-refractivity contribution is 5.15. The zero-order chi connectivity index (χ0) is 12.3. The fourth-order valence-electron chi connectivity index (χ4n) is 2.16. The summed E-state index contributed by atoms with van der Waals surface area (Å²) >= 11 is 0. The van der Waals surface area contributed by atoms with Gasteiger partial charge in [-0.05, 0) is 31.4 Å². The fourth-order valence-corrected chi connectivity index (χ4v) is 2.16. The van der Waals surface area contributed by atoms with Gasteiger partial charge < -0.3 is 5.32 Å². The molecule has 0 aliphatic heterocycles. The lowest BCUT2D eigenvalue weighted by Crippen LogP contribution is -2.31. The van der Waals surface area contributed by atoms with Crippen LogP contribution in [0, 0.1) is 0 Å². The van der Waals surface area contributed by atoms with Crippen molar-refractivity contribution in [3.63, 3.8) is 0 Å². The predicted octanol–water partition coefficient (Wildman–Crippen LogP) is 4.18. The van der Waals surface area contributed by atoms with Crippen molar-refractivity contribution in [2.45, 2.75) is 58.4 Å². The summed E-state index contributed by atoms with van der Waals surface area (Å²) < 4.78 is 0. The summed E-state index contributed by atoms with van der Waals surface area (Å²) in [5.41, 5.74) is 1.46. The Kier molecular flexibility index (Phi) is 7.74. The molecule has 0 heterocycles. The van der Waals surface area contributed by atoms with Gasteiger partial charge in [-0.2, -0.15) is 0 Å². The van der Waals surface area contributed by atoms with Crippen LogP contribution < -0.4 is 5.32 Å². The van der Waals surface area contributed by atoms with Crippen LogP contribution in [0.1, 0.15) is 51.5 Å². The molecule has 1 aromatic carbocycles. The number of nitrogens with one attached hydrogen (secondary N) is 1. The van der Waals surface area contributed by atoms with Crippen molar-refractivity contribution in [3.8, 4) is 0 Å². The van der Waals surface area contributed by atoms with Crippen LogP contribution in [0.4, 0.5) is 0 Å². The minimum atomic E-state index is 0.656. The Morgan fingerprint density at radius 2 is 1.76 bits per heavy atom. The molecule has 1 atom stereocenters.